The van der Waals surface area contributed by atoms with Crippen LogP contribution in [0.2, 0.25) is 0 Å². The van der Waals surface area contributed by atoms with Crippen LogP contribution in [0.4, 0.5) is 4.39 Å². The van der Waals surface area contributed by atoms with E-state index in [2.05, 4.69) is 4.74 Å². The second kappa shape index (κ2) is 6.28. The first-order chi connectivity index (χ1) is 6.49. The fraction of sp³-hybridized carbons (Fsp3) is 0.714. The number of alkyl halides is 1. The average Bonchev–Trinajstić information content (AvgIpc) is 2.10. The molecule has 0 heterocycles. The predicted octanol–water partition coefficient (Wildman–Crippen LogP) is -0.772. The van der Waals surface area contributed by atoms with Crippen molar-refractivity contribution in [2.45, 2.75) is 18.6 Å². The third-order valence-electron chi connectivity index (χ3n) is 1.46. The summed E-state index contributed by atoms with van der Waals surface area (Å²) < 4.78 is 16.2. The number of carboxylic acids is 2. The van der Waals surface area contributed by atoms with Crippen molar-refractivity contribution in [2.24, 2.45) is 5.73 Å². The van der Waals surface area contributed by atoms with Gasteiger partial charge in [-0.2, -0.15) is 0 Å². The van der Waals surface area contributed by atoms with E-state index in [-0.39, 0.29) is 13.0 Å². The number of carboxylic acid groups (broad SMARTS) is 2. The van der Waals surface area contributed by atoms with Crippen LogP contribution in [0.3, 0.4) is 0 Å². The highest BCUT2D eigenvalue weighted by Gasteiger charge is 2.24. The maximum Gasteiger partial charge on any atom is 0.332 e. The van der Waals surface area contributed by atoms with Gasteiger partial charge in [-0.3, -0.25) is 4.79 Å². The Morgan fingerprint density at radius 1 is 1.36 bits per heavy atom. The maximum absolute atomic E-state index is 11.6. The van der Waals surface area contributed by atoms with Gasteiger partial charge in [0.1, 0.15) is 12.7 Å². The second-order valence-corrected chi connectivity index (χ2v) is 2.57. The lowest BCUT2D eigenvalue weighted by Crippen LogP contribution is -2.38. The SMILES string of the molecule is NC(CC(OCC[18F])C(=O)O)C(=O)O. The predicted molar refractivity (Wildman–Crippen MR) is 43.6 cm³/mol. The summed E-state index contributed by atoms with van der Waals surface area (Å²) in [5.74, 6) is -2.67. The van der Waals surface area contributed by atoms with Crippen LogP contribution in [-0.2, 0) is 14.3 Å². The molecule has 2 unspecified atom stereocenters. The molecule has 0 aromatic heterocycles. The second-order valence-electron chi connectivity index (χ2n) is 2.57. The molecule has 6 nitrogen and oxygen atoms in total. The first-order valence-electron chi connectivity index (χ1n) is 3.87. The van der Waals surface area contributed by atoms with E-state index in [1.54, 1.807) is 0 Å². The summed E-state index contributed by atoms with van der Waals surface area (Å²) in [6.45, 7) is -1.21. The van der Waals surface area contributed by atoms with Crippen LogP contribution in [0, 0.1) is 0 Å². The molecule has 0 bridgehead atoms. The smallest absolute Gasteiger partial charge is 0.332 e. The van der Waals surface area contributed by atoms with E-state index < -0.39 is 30.8 Å². The Morgan fingerprint density at radius 3 is 2.29 bits per heavy atom. The highest BCUT2D eigenvalue weighted by Crippen LogP contribution is 2.02. The molecule has 4 N–H and O–H groups in total. The van der Waals surface area contributed by atoms with Crippen LogP contribution in [0.5, 0.6) is 0 Å². The molecule has 2 atom stereocenters. The summed E-state index contributed by atoms with van der Waals surface area (Å²) in [6, 6.07) is -1.32. The normalized spacial score (nSPS) is 14.7. The Morgan fingerprint density at radius 2 is 1.93 bits per heavy atom. The topological polar surface area (TPSA) is 110 Å². The van der Waals surface area contributed by atoms with Gasteiger partial charge in [0.25, 0.3) is 0 Å². The highest BCUT2D eigenvalue weighted by molar-refractivity contribution is 5.76. The van der Waals surface area contributed by atoms with E-state index in [1.165, 1.54) is 0 Å². The van der Waals surface area contributed by atoms with Crippen LogP contribution >= 0.6 is 0 Å². The van der Waals surface area contributed by atoms with Gasteiger partial charge in [0, 0.05) is 6.42 Å². The third-order valence-corrected chi connectivity index (χ3v) is 1.46. The van der Waals surface area contributed by atoms with Gasteiger partial charge >= 0.3 is 11.9 Å². The Hall–Kier alpha value is -1.21. The summed E-state index contributed by atoms with van der Waals surface area (Å²) in [4.78, 5) is 20.8. The lowest BCUT2D eigenvalue weighted by Gasteiger charge is -2.14. The fourth-order valence-electron chi connectivity index (χ4n) is 0.758. The third kappa shape index (κ3) is 4.73. The molecule has 0 aromatic carbocycles. The summed E-state index contributed by atoms with van der Waals surface area (Å²) in [7, 11) is 0. The zero-order valence-corrected chi connectivity index (χ0v) is 7.35. The quantitative estimate of drug-likeness (QED) is 0.506. The number of hydrogen-bond acceptors (Lipinski definition) is 4. The molecular weight excluding hydrogens is 196 g/mol. The molecule has 0 saturated heterocycles. The lowest BCUT2D eigenvalue weighted by molar-refractivity contribution is -0.152. The molecular formula is C7H12FNO5. The van der Waals surface area contributed by atoms with Gasteiger partial charge in [-0.25, -0.2) is 9.18 Å². The van der Waals surface area contributed by atoms with E-state index in [1.807, 2.05) is 0 Å². The number of aliphatic carboxylic acids is 2. The molecule has 0 fully saturated rings. The Bertz CT molecular complexity index is 210. The van der Waals surface area contributed by atoms with Crippen LogP contribution in [0.1, 0.15) is 6.42 Å². The van der Waals surface area contributed by atoms with Crippen LogP contribution in [0.15, 0.2) is 0 Å². The molecule has 0 aliphatic heterocycles. The zero-order valence-electron chi connectivity index (χ0n) is 7.35. The minimum Gasteiger partial charge on any atom is -0.480 e. The van der Waals surface area contributed by atoms with E-state index >= 15 is 0 Å². The van der Waals surface area contributed by atoms with Gasteiger partial charge in [-0.15, -0.1) is 0 Å². The zero-order chi connectivity index (χ0) is 11.1. The van der Waals surface area contributed by atoms with Crippen molar-refractivity contribution >= 4 is 11.9 Å². The van der Waals surface area contributed by atoms with Crippen LogP contribution in [0.25, 0.3) is 0 Å². The standard InChI is InChI=1S/C7H12FNO5/c8-1-2-14-5(7(12)13)3-4(9)6(10)11/h4-5H,1-3,9H2,(H,10,11)(H,12,13)/i8-1. The van der Waals surface area contributed by atoms with E-state index in [4.69, 9.17) is 15.9 Å². The monoisotopic (exact) mass is 208 g/mol. The van der Waals surface area contributed by atoms with Gasteiger partial charge < -0.3 is 20.7 Å². The number of rotatable bonds is 7. The number of carbonyl (C=O) groups is 2. The number of ether oxygens (including phenoxy) is 1. The first kappa shape index (κ1) is 12.8. The Kier molecular flexibility index (Phi) is 5.73. The minimum absolute atomic E-state index is 0.384. The number of halogens is 1. The molecule has 0 spiro atoms. The minimum atomic E-state index is -1.38. The molecule has 0 saturated carbocycles. The summed E-state index contributed by atoms with van der Waals surface area (Å²) in [6.07, 6.45) is -1.76. The molecule has 0 aliphatic rings. The van der Waals surface area contributed by atoms with Gasteiger partial charge in [0.15, 0.2) is 6.10 Å². The Labute approximate surface area is 79.5 Å². The van der Waals surface area contributed by atoms with Crippen LogP contribution < -0.4 is 5.73 Å². The van der Waals surface area contributed by atoms with Gasteiger partial charge in [-0.1, -0.05) is 0 Å². The number of nitrogens with two attached hydrogens (primary N) is 1. The van der Waals surface area contributed by atoms with Crippen molar-refractivity contribution in [1.82, 2.24) is 0 Å². The van der Waals surface area contributed by atoms with Crippen molar-refractivity contribution in [3.63, 3.8) is 0 Å². The van der Waals surface area contributed by atoms with Gasteiger partial charge in [0.05, 0.1) is 6.61 Å². The molecule has 14 heavy (non-hydrogen) atoms. The molecule has 0 aliphatic carbocycles. The maximum atomic E-state index is 11.6. The summed E-state index contributed by atoms with van der Waals surface area (Å²) in [5, 5.41) is 16.9. The van der Waals surface area contributed by atoms with E-state index in [0.717, 1.165) is 0 Å². The summed E-state index contributed by atoms with van der Waals surface area (Å²) >= 11 is 0. The average molecular weight is 208 g/mol. The molecule has 82 valence electrons. The van der Waals surface area contributed by atoms with Crippen molar-refractivity contribution in [1.29, 1.82) is 0 Å². The number of hydrogen-bond donors (Lipinski definition) is 3. The van der Waals surface area contributed by atoms with Crippen molar-refractivity contribution < 1.29 is 28.9 Å². The van der Waals surface area contributed by atoms with Crippen molar-refractivity contribution in [3.05, 3.63) is 0 Å². The molecule has 0 amide bonds. The summed E-state index contributed by atoms with van der Waals surface area (Å²) in [5.41, 5.74) is 5.09. The van der Waals surface area contributed by atoms with Crippen molar-refractivity contribution in [2.75, 3.05) is 13.3 Å². The molecule has 0 radical (unpaired) electrons. The van der Waals surface area contributed by atoms with Gasteiger partial charge in [0.2, 0.25) is 0 Å². The Balaban J connectivity index is 4.08. The highest BCUT2D eigenvalue weighted by atomic mass is 18.2. The molecule has 7 heteroatoms. The largest absolute Gasteiger partial charge is 0.480 e. The van der Waals surface area contributed by atoms with Gasteiger partial charge in [-0.05, 0) is 0 Å². The lowest BCUT2D eigenvalue weighted by atomic mass is 10.1. The van der Waals surface area contributed by atoms with E-state index in [9.17, 15) is 14.0 Å². The van der Waals surface area contributed by atoms with Crippen molar-refractivity contribution in [3.8, 4) is 0 Å². The molecule has 0 rings (SSSR count). The first-order valence-corrected chi connectivity index (χ1v) is 3.87. The van der Waals surface area contributed by atoms with Crippen LogP contribution in [-0.4, -0.2) is 47.6 Å². The molecule has 0 aromatic rings. The fourth-order valence-corrected chi connectivity index (χ4v) is 0.758. The van der Waals surface area contributed by atoms with E-state index in [0.29, 0.717) is 0 Å².